The lowest BCUT2D eigenvalue weighted by Gasteiger charge is -2.38. The summed E-state index contributed by atoms with van der Waals surface area (Å²) in [5.41, 5.74) is 7.35. The highest BCUT2D eigenvalue weighted by Gasteiger charge is 2.41. The normalized spacial score (nSPS) is 14.0. The van der Waals surface area contributed by atoms with Crippen LogP contribution in [0.25, 0.3) is 31.3 Å². The molecular formula is C43H47BrN2O3S2Si. The predicted octanol–water partition coefficient (Wildman–Crippen LogP) is 13.6. The molecular weight excluding hydrogens is 765 g/mol. The number of hydrogen-bond acceptors (Lipinski definition) is 7. The molecule has 0 bridgehead atoms. The van der Waals surface area contributed by atoms with E-state index >= 15 is 0 Å². The van der Waals surface area contributed by atoms with Gasteiger partial charge in [-0.2, -0.15) is 10.5 Å². The van der Waals surface area contributed by atoms with Gasteiger partial charge in [-0.25, -0.2) is 0 Å². The number of halogens is 1. The van der Waals surface area contributed by atoms with E-state index < -0.39 is 8.32 Å². The smallest absolute Gasteiger partial charge is 0.192 e. The summed E-state index contributed by atoms with van der Waals surface area (Å²) >= 11 is 6.87. The molecule has 1 aliphatic carbocycles. The Morgan fingerprint density at radius 3 is 1.79 bits per heavy atom. The molecule has 0 fully saturated rings. The Morgan fingerprint density at radius 1 is 0.750 bits per heavy atom. The van der Waals surface area contributed by atoms with E-state index in [0.717, 1.165) is 37.5 Å². The van der Waals surface area contributed by atoms with E-state index in [9.17, 15) is 10.5 Å². The van der Waals surface area contributed by atoms with Gasteiger partial charge in [0.25, 0.3) is 0 Å². The van der Waals surface area contributed by atoms with E-state index in [-0.39, 0.29) is 23.4 Å². The summed E-state index contributed by atoms with van der Waals surface area (Å²) in [4.78, 5) is 3.56. The number of nitrogens with zero attached hydrogens (tertiary/aromatic N) is 2. The van der Waals surface area contributed by atoms with Crippen LogP contribution in [0.4, 0.5) is 0 Å². The Kier molecular flexibility index (Phi) is 12.6. The highest BCUT2D eigenvalue weighted by Crippen LogP contribution is 2.47. The maximum Gasteiger partial charge on any atom is 0.192 e. The SMILES string of the molecule is CC(C)Oc1ccc(-c2ccc(-c3cccc4c3CCC4O[Si](C)(C)C(C)(C)C)s2)cc1C#N.CC(C)Oc1ccc(-c2ccc(Br)s2)cc1C#N. The van der Waals surface area contributed by atoms with Gasteiger partial charge in [-0.1, -0.05) is 39.0 Å². The monoisotopic (exact) mass is 810 g/mol. The van der Waals surface area contributed by atoms with E-state index in [2.05, 4.69) is 92.3 Å². The van der Waals surface area contributed by atoms with Gasteiger partial charge >= 0.3 is 0 Å². The summed E-state index contributed by atoms with van der Waals surface area (Å²) in [6, 6.07) is 31.2. The molecule has 3 aromatic carbocycles. The third-order valence-corrected chi connectivity index (χ3v) is 16.7. The first-order valence-corrected chi connectivity index (χ1v) is 23.0. The minimum absolute atomic E-state index is 0.0379. The Labute approximate surface area is 327 Å². The zero-order valence-electron chi connectivity index (χ0n) is 31.5. The molecule has 1 unspecified atom stereocenters. The number of rotatable bonds is 9. The number of fused-ring (bicyclic) bond motifs is 1. The lowest BCUT2D eigenvalue weighted by atomic mass is 10.0. The second-order valence-corrected chi connectivity index (χ2v) is 23.3. The quantitative estimate of drug-likeness (QED) is 0.139. The molecule has 1 aliphatic rings. The zero-order chi connectivity index (χ0) is 37.8. The third-order valence-electron chi connectivity index (χ3n) is 9.40. The molecule has 2 aromatic heterocycles. The molecule has 5 nitrogen and oxygen atoms in total. The van der Waals surface area contributed by atoms with Gasteiger partial charge in [0.15, 0.2) is 8.32 Å². The molecule has 0 spiro atoms. The molecule has 2 heterocycles. The molecule has 6 rings (SSSR count). The van der Waals surface area contributed by atoms with Crippen molar-refractivity contribution in [3.63, 3.8) is 0 Å². The van der Waals surface area contributed by atoms with Crippen molar-refractivity contribution in [1.29, 1.82) is 10.5 Å². The van der Waals surface area contributed by atoms with E-state index in [0.29, 0.717) is 22.6 Å². The van der Waals surface area contributed by atoms with Gasteiger partial charge < -0.3 is 13.9 Å². The summed E-state index contributed by atoms with van der Waals surface area (Å²) in [6.07, 6.45) is 2.41. The molecule has 270 valence electrons. The van der Waals surface area contributed by atoms with Gasteiger partial charge in [0.05, 0.1) is 33.2 Å². The molecule has 0 saturated carbocycles. The van der Waals surface area contributed by atoms with E-state index in [1.165, 1.54) is 21.6 Å². The summed E-state index contributed by atoms with van der Waals surface area (Å²) in [5, 5.41) is 19.0. The molecule has 0 radical (unpaired) electrons. The van der Waals surface area contributed by atoms with Crippen LogP contribution in [0.5, 0.6) is 11.5 Å². The van der Waals surface area contributed by atoms with Gasteiger partial charge in [-0.15, -0.1) is 22.7 Å². The van der Waals surface area contributed by atoms with Crippen LogP contribution in [0, 0.1) is 22.7 Å². The van der Waals surface area contributed by atoms with Crippen molar-refractivity contribution >= 4 is 46.9 Å². The van der Waals surface area contributed by atoms with Crippen molar-refractivity contribution in [2.75, 3.05) is 0 Å². The fourth-order valence-electron chi connectivity index (χ4n) is 5.86. The number of benzene rings is 3. The maximum atomic E-state index is 9.61. The summed E-state index contributed by atoms with van der Waals surface area (Å²) in [5.74, 6) is 1.29. The Hall–Kier alpha value is -3.70. The standard InChI is InChI=1S/C29H35NO2SSi.C14H12BrNOS/c1-19(2)31-25-13-11-20(17-21(25)18-30)27-15-16-28(33-27)24-10-8-9-23-22(24)12-14-26(23)32-34(6,7)29(3,4)5;1-9(2)17-12-4-3-10(7-11(12)8-16)13-5-6-14(15)18-13/h8-11,13,15-17,19,26H,12,14H2,1-7H3;3-7,9H,1-2H3. The van der Waals surface area contributed by atoms with Crippen LogP contribution in [-0.2, 0) is 10.8 Å². The van der Waals surface area contributed by atoms with Crippen molar-refractivity contribution < 1.29 is 13.9 Å². The largest absolute Gasteiger partial charge is 0.490 e. The van der Waals surface area contributed by atoms with Gasteiger partial charge in [0, 0.05) is 14.6 Å². The predicted molar refractivity (Wildman–Crippen MR) is 223 cm³/mol. The van der Waals surface area contributed by atoms with Crippen LogP contribution < -0.4 is 9.47 Å². The Morgan fingerprint density at radius 2 is 1.29 bits per heavy atom. The van der Waals surface area contributed by atoms with Crippen LogP contribution in [0.2, 0.25) is 18.1 Å². The summed E-state index contributed by atoms with van der Waals surface area (Å²) in [7, 11) is -1.83. The molecule has 1 atom stereocenters. The number of thiophene rings is 2. The second kappa shape index (κ2) is 16.5. The van der Waals surface area contributed by atoms with Crippen molar-refractivity contribution in [2.24, 2.45) is 0 Å². The van der Waals surface area contributed by atoms with Gasteiger partial charge in [-0.05, 0) is 163 Å². The van der Waals surface area contributed by atoms with Crippen molar-refractivity contribution in [1.82, 2.24) is 0 Å². The minimum atomic E-state index is -1.83. The van der Waals surface area contributed by atoms with Crippen LogP contribution >= 0.6 is 38.6 Å². The topological polar surface area (TPSA) is 75.3 Å². The highest BCUT2D eigenvalue weighted by molar-refractivity contribution is 9.11. The number of hydrogen-bond donors (Lipinski definition) is 0. The highest BCUT2D eigenvalue weighted by atomic mass is 79.9. The molecule has 0 amide bonds. The lowest BCUT2D eigenvalue weighted by molar-refractivity contribution is 0.185. The summed E-state index contributed by atoms with van der Waals surface area (Å²) in [6.45, 7) is 19.4. The van der Waals surface area contributed by atoms with Gasteiger partial charge in [0.1, 0.15) is 23.6 Å². The van der Waals surface area contributed by atoms with Gasteiger partial charge in [-0.3, -0.25) is 0 Å². The van der Waals surface area contributed by atoms with Crippen molar-refractivity contribution in [3.8, 4) is 55.0 Å². The van der Waals surface area contributed by atoms with E-state index in [1.54, 1.807) is 22.7 Å². The van der Waals surface area contributed by atoms with E-state index in [4.69, 9.17) is 13.9 Å². The second-order valence-electron chi connectivity index (χ2n) is 15.0. The fourth-order valence-corrected chi connectivity index (χ4v) is 9.61. The molecule has 0 aliphatic heterocycles. The molecule has 0 saturated heterocycles. The minimum Gasteiger partial charge on any atom is -0.490 e. The lowest BCUT2D eigenvalue weighted by Crippen LogP contribution is -2.41. The average Bonchev–Trinajstić information content (AvgIpc) is 3.85. The van der Waals surface area contributed by atoms with E-state index in [1.807, 2.05) is 76.2 Å². The fraction of sp³-hybridized carbons (Fsp3) is 0.349. The van der Waals surface area contributed by atoms with Crippen LogP contribution in [0.15, 0.2) is 82.6 Å². The number of ether oxygens (including phenoxy) is 2. The average molecular weight is 812 g/mol. The van der Waals surface area contributed by atoms with Crippen LogP contribution in [0.1, 0.15) is 83.2 Å². The molecule has 52 heavy (non-hydrogen) atoms. The molecule has 0 N–H and O–H groups in total. The van der Waals surface area contributed by atoms with Gasteiger partial charge in [0.2, 0.25) is 0 Å². The first-order valence-electron chi connectivity index (χ1n) is 17.7. The van der Waals surface area contributed by atoms with Crippen molar-refractivity contribution in [3.05, 3.63) is 105 Å². The summed E-state index contributed by atoms with van der Waals surface area (Å²) < 4.78 is 19.3. The van der Waals surface area contributed by atoms with Crippen LogP contribution in [0.3, 0.4) is 0 Å². The Balaban J connectivity index is 0.000000244. The Bertz CT molecular complexity index is 2110. The first-order chi connectivity index (χ1) is 24.6. The zero-order valence-corrected chi connectivity index (χ0v) is 35.7. The van der Waals surface area contributed by atoms with Crippen LogP contribution in [-0.4, -0.2) is 20.5 Å². The molecule has 5 aromatic rings. The first kappa shape index (κ1) is 39.5. The maximum absolute atomic E-state index is 9.61. The molecule has 9 heteroatoms. The number of nitriles is 2. The third kappa shape index (κ3) is 9.26. The van der Waals surface area contributed by atoms with Crippen molar-refractivity contribution in [2.45, 2.75) is 97.8 Å².